The minimum absolute atomic E-state index is 0.174. The van der Waals surface area contributed by atoms with Crippen LogP contribution in [0.15, 0.2) is 48.7 Å². The average molecular weight is 466 g/mol. The molecule has 1 amide bonds. The number of aldehydes is 1. The lowest BCUT2D eigenvalue weighted by Gasteiger charge is -2.34. The Labute approximate surface area is 203 Å². The molecule has 0 bridgehead atoms. The molecular formula is C27H39N5O2. The van der Waals surface area contributed by atoms with Crippen LogP contribution in [-0.2, 0) is 16.0 Å². The molecule has 1 saturated heterocycles. The number of H-pyrrole nitrogens is 1. The summed E-state index contributed by atoms with van der Waals surface area (Å²) >= 11 is 0. The van der Waals surface area contributed by atoms with Crippen molar-refractivity contribution in [1.82, 2.24) is 20.2 Å². The summed E-state index contributed by atoms with van der Waals surface area (Å²) in [6.45, 7) is 1.83. The van der Waals surface area contributed by atoms with Gasteiger partial charge in [-0.1, -0.05) is 49.2 Å². The molecule has 2 aromatic carbocycles. The largest absolute Gasteiger partial charge is 0.359 e. The summed E-state index contributed by atoms with van der Waals surface area (Å²) in [6.07, 6.45) is 8.97. The van der Waals surface area contributed by atoms with Gasteiger partial charge >= 0.3 is 0 Å². The van der Waals surface area contributed by atoms with Crippen molar-refractivity contribution in [2.45, 2.75) is 38.5 Å². The van der Waals surface area contributed by atoms with Crippen LogP contribution in [0.3, 0.4) is 0 Å². The van der Waals surface area contributed by atoms with Gasteiger partial charge in [-0.2, -0.15) is 0 Å². The van der Waals surface area contributed by atoms with Gasteiger partial charge in [-0.05, 0) is 43.8 Å². The molecule has 0 aliphatic carbocycles. The number of nitrogens with one attached hydrogen (secondary N) is 2. The Morgan fingerprint density at radius 2 is 1.82 bits per heavy atom. The van der Waals surface area contributed by atoms with Crippen molar-refractivity contribution in [2.75, 3.05) is 34.2 Å². The highest BCUT2D eigenvalue weighted by atomic mass is 16.2. The Hall–Kier alpha value is -3.03. The SMILES string of the molecule is CN.CNC(=O)C1CN(C)C1.O=CCCCCCCc1ncc(-c2ccc3ccccc3c2)[nH]1. The Kier molecular flexibility index (Phi) is 12.0. The molecule has 0 unspecified atom stereocenters. The minimum Gasteiger partial charge on any atom is -0.359 e. The predicted octanol–water partition coefficient (Wildman–Crippen LogP) is 3.79. The molecule has 7 heteroatoms. The first-order valence-corrected chi connectivity index (χ1v) is 12.0. The topological polar surface area (TPSA) is 104 Å². The number of unbranched alkanes of at least 4 members (excludes halogenated alkanes) is 4. The Bertz CT molecular complexity index is 1010. The van der Waals surface area contributed by atoms with Gasteiger partial charge in [-0.3, -0.25) is 4.79 Å². The molecular weight excluding hydrogens is 426 g/mol. The van der Waals surface area contributed by atoms with Crippen molar-refractivity contribution in [2.24, 2.45) is 11.7 Å². The number of amides is 1. The van der Waals surface area contributed by atoms with Crippen LogP contribution in [-0.4, -0.2) is 61.3 Å². The molecule has 2 heterocycles. The molecule has 34 heavy (non-hydrogen) atoms. The van der Waals surface area contributed by atoms with Crippen molar-refractivity contribution in [3.63, 3.8) is 0 Å². The maximum Gasteiger partial charge on any atom is 0.225 e. The van der Waals surface area contributed by atoms with E-state index in [1.807, 2.05) is 13.2 Å². The van der Waals surface area contributed by atoms with Crippen LogP contribution >= 0.6 is 0 Å². The van der Waals surface area contributed by atoms with Gasteiger partial charge in [-0.25, -0.2) is 4.98 Å². The van der Waals surface area contributed by atoms with Crippen molar-refractivity contribution >= 4 is 23.0 Å². The maximum atomic E-state index is 10.8. The first kappa shape index (κ1) is 27.2. The second-order valence-corrected chi connectivity index (χ2v) is 8.46. The second-order valence-electron chi connectivity index (χ2n) is 8.46. The molecule has 7 nitrogen and oxygen atoms in total. The van der Waals surface area contributed by atoms with Crippen molar-refractivity contribution in [3.8, 4) is 11.3 Å². The normalized spacial score (nSPS) is 13.2. The lowest BCUT2D eigenvalue weighted by molar-refractivity contribution is -0.129. The lowest BCUT2D eigenvalue weighted by Crippen LogP contribution is -2.50. The number of carbonyl (C=O) groups excluding carboxylic acids is 2. The third-order valence-electron chi connectivity index (χ3n) is 5.86. The van der Waals surface area contributed by atoms with E-state index in [-0.39, 0.29) is 11.8 Å². The van der Waals surface area contributed by atoms with Crippen LogP contribution in [0, 0.1) is 5.92 Å². The summed E-state index contributed by atoms with van der Waals surface area (Å²) < 4.78 is 0. The first-order chi connectivity index (χ1) is 16.6. The number of carbonyl (C=O) groups is 2. The van der Waals surface area contributed by atoms with Crippen LogP contribution in [0.25, 0.3) is 22.0 Å². The molecule has 0 atom stereocenters. The monoisotopic (exact) mass is 465 g/mol. The van der Waals surface area contributed by atoms with Crippen LogP contribution in [0.5, 0.6) is 0 Å². The summed E-state index contributed by atoms with van der Waals surface area (Å²) in [6, 6.07) is 14.9. The molecule has 1 aliphatic rings. The van der Waals surface area contributed by atoms with E-state index in [2.05, 4.69) is 68.4 Å². The molecule has 1 fully saturated rings. The number of aromatic nitrogens is 2. The Morgan fingerprint density at radius 3 is 2.50 bits per heavy atom. The van der Waals surface area contributed by atoms with E-state index in [9.17, 15) is 9.59 Å². The van der Waals surface area contributed by atoms with E-state index in [4.69, 9.17) is 0 Å². The summed E-state index contributed by atoms with van der Waals surface area (Å²) in [7, 11) is 5.19. The minimum atomic E-state index is 0.174. The zero-order valence-corrected chi connectivity index (χ0v) is 20.7. The molecule has 184 valence electrons. The predicted molar refractivity (Wildman–Crippen MR) is 140 cm³/mol. The molecule has 1 aliphatic heterocycles. The van der Waals surface area contributed by atoms with E-state index < -0.39 is 0 Å². The summed E-state index contributed by atoms with van der Waals surface area (Å²) in [4.78, 5) is 31.1. The molecule has 4 N–H and O–H groups in total. The number of aromatic amines is 1. The zero-order valence-electron chi connectivity index (χ0n) is 20.7. The summed E-state index contributed by atoms with van der Waals surface area (Å²) in [5.41, 5.74) is 6.75. The number of aryl methyl sites for hydroxylation is 1. The zero-order chi connectivity index (χ0) is 24.8. The first-order valence-electron chi connectivity index (χ1n) is 12.0. The Morgan fingerprint density at radius 1 is 1.12 bits per heavy atom. The number of rotatable bonds is 9. The van der Waals surface area contributed by atoms with Crippen molar-refractivity contribution in [1.29, 1.82) is 0 Å². The van der Waals surface area contributed by atoms with Gasteiger partial charge in [0.05, 0.1) is 17.8 Å². The summed E-state index contributed by atoms with van der Waals surface area (Å²) in [5, 5.41) is 5.12. The van der Waals surface area contributed by atoms with Gasteiger partial charge in [0.1, 0.15) is 12.1 Å². The van der Waals surface area contributed by atoms with Crippen LogP contribution < -0.4 is 11.1 Å². The summed E-state index contributed by atoms with van der Waals surface area (Å²) in [5.74, 6) is 1.47. The van der Waals surface area contributed by atoms with E-state index in [1.54, 1.807) is 7.05 Å². The fraction of sp³-hybridized carbons (Fsp3) is 0.444. The number of nitrogens with zero attached hydrogens (tertiary/aromatic N) is 2. The lowest BCUT2D eigenvalue weighted by atomic mass is 10.0. The number of hydrogen-bond acceptors (Lipinski definition) is 5. The number of imidazole rings is 1. The van der Waals surface area contributed by atoms with Crippen LogP contribution in [0.1, 0.15) is 37.9 Å². The fourth-order valence-electron chi connectivity index (χ4n) is 3.94. The highest BCUT2D eigenvalue weighted by molar-refractivity contribution is 5.86. The van der Waals surface area contributed by atoms with Crippen molar-refractivity contribution < 1.29 is 9.59 Å². The average Bonchev–Trinajstić information content (AvgIpc) is 3.34. The third kappa shape index (κ3) is 8.39. The number of hydrogen-bond donors (Lipinski definition) is 3. The second kappa shape index (κ2) is 15.0. The fourth-order valence-corrected chi connectivity index (χ4v) is 3.94. The molecule has 1 aromatic heterocycles. The smallest absolute Gasteiger partial charge is 0.225 e. The van der Waals surface area contributed by atoms with Gasteiger partial charge in [0.2, 0.25) is 5.91 Å². The van der Waals surface area contributed by atoms with E-state index in [0.717, 1.165) is 63.0 Å². The van der Waals surface area contributed by atoms with Gasteiger partial charge in [0, 0.05) is 38.5 Å². The van der Waals surface area contributed by atoms with Gasteiger partial charge in [0.25, 0.3) is 0 Å². The maximum absolute atomic E-state index is 10.8. The quantitative estimate of drug-likeness (QED) is 0.329. The van der Waals surface area contributed by atoms with E-state index in [0.29, 0.717) is 6.42 Å². The molecule has 0 radical (unpaired) electrons. The third-order valence-corrected chi connectivity index (χ3v) is 5.86. The number of nitrogens with two attached hydrogens (primary N) is 1. The number of fused-ring (bicyclic) bond motifs is 1. The molecule has 4 rings (SSSR count). The number of benzene rings is 2. The van der Waals surface area contributed by atoms with Gasteiger partial charge in [-0.15, -0.1) is 0 Å². The highest BCUT2D eigenvalue weighted by Crippen LogP contribution is 2.23. The standard InChI is InChI=1S/C20H22N2O.C6H12N2O.CH5N/c23-13-7-3-1-2-4-10-20-21-15-19(22-20)18-12-11-16-8-5-6-9-17(16)14-18;1-7-6(9)5-3-8(2)4-5;1-2/h5-6,8-9,11-15H,1-4,7,10H2,(H,21,22);5H,3-4H2,1-2H3,(H,7,9);2H2,1H3. The Balaban J connectivity index is 0.000000311. The van der Waals surface area contributed by atoms with Crippen molar-refractivity contribution in [3.05, 3.63) is 54.5 Å². The highest BCUT2D eigenvalue weighted by Gasteiger charge is 2.28. The van der Waals surface area contributed by atoms with Gasteiger partial charge in [0.15, 0.2) is 0 Å². The van der Waals surface area contributed by atoms with E-state index >= 15 is 0 Å². The van der Waals surface area contributed by atoms with Gasteiger partial charge < -0.3 is 25.7 Å². The van der Waals surface area contributed by atoms with Crippen LogP contribution in [0.4, 0.5) is 0 Å². The van der Waals surface area contributed by atoms with Crippen LogP contribution in [0.2, 0.25) is 0 Å². The molecule has 3 aromatic rings. The van der Waals surface area contributed by atoms with E-state index in [1.165, 1.54) is 23.4 Å². The molecule has 0 spiro atoms. The number of likely N-dealkylation sites (tertiary alicyclic amines) is 1. The molecule has 0 saturated carbocycles.